The van der Waals surface area contributed by atoms with E-state index in [1.807, 2.05) is 18.2 Å². The van der Waals surface area contributed by atoms with E-state index in [4.69, 9.17) is 11.6 Å². The van der Waals surface area contributed by atoms with Crippen molar-refractivity contribution >= 4 is 17.4 Å². The lowest BCUT2D eigenvalue weighted by atomic mass is 9.66. The molecule has 2 aromatic rings. The van der Waals surface area contributed by atoms with Crippen molar-refractivity contribution in [2.75, 3.05) is 0 Å². The number of hydrogen-bond donors (Lipinski definition) is 0. The van der Waals surface area contributed by atoms with Gasteiger partial charge in [-0.2, -0.15) is 5.10 Å². The number of aryl methyl sites for hydroxylation is 1. The summed E-state index contributed by atoms with van der Waals surface area (Å²) in [6, 6.07) is 10.1. The molecule has 0 spiro atoms. The summed E-state index contributed by atoms with van der Waals surface area (Å²) in [6.07, 6.45) is 6.68. The van der Waals surface area contributed by atoms with Crippen LogP contribution in [0.1, 0.15) is 48.2 Å². The molecule has 0 aliphatic heterocycles. The molecule has 3 nitrogen and oxygen atoms in total. The molecular weight excluding hydrogens is 284 g/mol. The van der Waals surface area contributed by atoms with Gasteiger partial charge in [-0.05, 0) is 18.4 Å². The van der Waals surface area contributed by atoms with Gasteiger partial charge in [0.15, 0.2) is 5.78 Å². The van der Waals surface area contributed by atoms with Crippen LogP contribution in [0.25, 0.3) is 0 Å². The molecule has 0 amide bonds. The average Bonchev–Trinajstić information content (AvgIpc) is 2.87. The van der Waals surface area contributed by atoms with Crippen molar-refractivity contribution in [1.29, 1.82) is 0 Å². The Morgan fingerprint density at radius 1 is 1.19 bits per heavy atom. The number of carbonyl (C=O) groups excluding carboxylic acids is 1. The summed E-state index contributed by atoms with van der Waals surface area (Å²) in [7, 11) is 1.78. The number of carbonyl (C=O) groups is 1. The maximum atomic E-state index is 13.3. The molecular formula is C17H19ClN2O. The molecule has 1 fully saturated rings. The summed E-state index contributed by atoms with van der Waals surface area (Å²) in [5.74, 6) is 0.110. The third-order valence-electron chi connectivity index (χ3n) is 4.58. The predicted octanol–water partition coefficient (Wildman–Crippen LogP) is 4.16. The number of nitrogens with zero attached hydrogens (tertiary/aromatic N) is 2. The van der Waals surface area contributed by atoms with Crippen LogP contribution in [0.4, 0.5) is 0 Å². The van der Waals surface area contributed by atoms with Crippen molar-refractivity contribution in [3.63, 3.8) is 0 Å². The molecule has 1 aromatic carbocycles. The normalized spacial score (nSPS) is 17.6. The van der Waals surface area contributed by atoms with E-state index in [-0.39, 0.29) is 5.78 Å². The smallest absolute Gasteiger partial charge is 0.192 e. The standard InChI is InChI=1S/C17H19ClN2O/c1-20-15(14(18)12-19-20)16(21)17(10-6-3-7-11-17)13-8-4-2-5-9-13/h2,4-5,8-9,12H,3,6-7,10-11H2,1H3. The van der Waals surface area contributed by atoms with E-state index in [0.29, 0.717) is 10.7 Å². The number of hydrogen-bond acceptors (Lipinski definition) is 2. The Hall–Kier alpha value is -1.61. The van der Waals surface area contributed by atoms with E-state index in [1.165, 1.54) is 6.42 Å². The zero-order valence-corrected chi connectivity index (χ0v) is 12.9. The van der Waals surface area contributed by atoms with Crippen molar-refractivity contribution in [3.8, 4) is 0 Å². The van der Waals surface area contributed by atoms with Gasteiger partial charge in [-0.1, -0.05) is 61.2 Å². The first-order valence-electron chi connectivity index (χ1n) is 7.43. The van der Waals surface area contributed by atoms with Crippen LogP contribution >= 0.6 is 11.6 Å². The van der Waals surface area contributed by atoms with E-state index in [9.17, 15) is 4.79 Å². The maximum absolute atomic E-state index is 13.3. The second kappa shape index (κ2) is 5.64. The first kappa shape index (κ1) is 14.3. The quantitative estimate of drug-likeness (QED) is 0.798. The van der Waals surface area contributed by atoms with E-state index < -0.39 is 5.41 Å². The molecule has 0 atom stereocenters. The van der Waals surface area contributed by atoms with Gasteiger partial charge in [0.2, 0.25) is 0 Å². The van der Waals surface area contributed by atoms with Gasteiger partial charge >= 0.3 is 0 Å². The topological polar surface area (TPSA) is 34.9 Å². The molecule has 4 heteroatoms. The van der Waals surface area contributed by atoms with Gasteiger partial charge in [0, 0.05) is 7.05 Å². The fourth-order valence-electron chi connectivity index (χ4n) is 3.45. The fraction of sp³-hybridized carbons (Fsp3) is 0.412. The van der Waals surface area contributed by atoms with E-state index in [1.54, 1.807) is 17.9 Å². The average molecular weight is 303 g/mol. The molecule has 1 aliphatic rings. The largest absolute Gasteiger partial charge is 0.291 e. The minimum absolute atomic E-state index is 0.110. The third-order valence-corrected chi connectivity index (χ3v) is 4.85. The minimum Gasteiger partial charge on any atom is -0.291 e. The summed E-state index contributed by atoms with van der Waals surface area (Å²) in [4.78, 5) is 13.3. The summed E-state index contributed by atoms with van der Waals surface area (Å²) in [5.41, 5.74) is 1.19. The molecule has 1 saturated carbocycles. The summed E-state index contributed by atoms with van der Waals surface area (Å²) in [5, 5.41) is 4.57. The molecule has 0 saturated heterocycles. The van der Waals surface area contributed by atoms with Crippen LogP contribution in [-0.2, 0) is 12.5 Å². The highest BCUT2D eigenvalue weighted by molar-refractivity contribution is 6.34. The molecule has 3 rings (SSSR count). The van der Waals surface area contributed by atoms with E-state index in [2.05, 4.69) is 17.2 Å². The number of Topliss-reactive ketones (excluding diaryl/α,β-unsaturated/α-hetero) is 1. The van der Waals surface area contributed by atoms with Crippen LogP contribution in [0.5, 0.6) is 0 Å². The molecule has 21 heavy (non-hydrogen) atoms. The Morgan fingerprint density at radius 3 is 2.43 bits per heavy atom. The zero-order valence-electron chi connectivity index (χ0n) is 12.2. The number of ketones is 1. The van der Waals surface area contributed by atoms with Gasteiger partial charge < -0.3 is 0 Å². The highest BCUT2D eigenvalue weighted by atomic mass is 35.5. The molecule has 0 unspecified atom stereocenters. The molecule has 0 radical (unpaired) electrons. The van der Waals surface area contributed by atoms with Crippen molar-refractivity contribution in [3.05, 3.63) is 52.8 Å². The van der Waals surface area contributed by atoms with Crippen LogP contribution in [0.3, 0.4) is 0 Å². The fourth-order valence-corrected chi connectivity index (χ4v) is 3.70. The van der Waals surface area contributed by atoms with Gasteiger partial charge in [-0.15, -0.1) is 0 Å². The van der Waals surface area contributed by atoms with Gasteiger partial charge in [0.25, 0.3) is 0 Å². The van der Waals surface area contributed by atoms with Crippen LogP contribution in [0, 0.1) is 0 Å². The van der Waals surface area contributed by atoms with Crippen LogP contribution in [-0.4, -0.2) is 15.6 Å². The Balaban J connectivity index is 2.10. The first-order chi connectivity index (χ1) is 10.1. The molecule has 1 aromatic heterocycles. The van der Waals surface area contributed by atoms with Crippen molar-refractivity contribution in [2.24, 2.45) is 7.05 Å². The maximum Gasteiger partial charge on any atom is 0.192 e. The zero-order chi connectivity index (χ0) is 14.9. The lowest BCUT2D eigenvalue weighted by molar-refractivity contribution is 0.0829. The second-order valence-corrected chi connectivity index (χ2v) is 6.21. The minimum atomic E-state index is -0.447. The van der Waals surface area contributed by atoms with Gasteiger partial charge in [-0.3, -0.25) is 9.48 Å². The summed E-state index contributed by atoms with van der Waals surface area (Å²) in [6.45, 7) is 0. The van der Waals surface area contributed by atoms with Crippen molar-refractivity contribution < 1.29 is 4.79 Å². The SMILES string of the molecule is Cn1ncc(Cl)c1C(=O)C1(c2ccccc2)CCCCC1. The molecule has 110 valence electrons. The monoisotopic (exact) mass is 302 g/mol. The Kier molecular flexibility index (Phi) is 3.85. The van der Waals surface area contributed by atoms with Crippen molar-refractivity contribution in [1.82, 2.24) is 9.78 Å². The lowest BCUT2D eigenvalue weighted by Crippen LogP contribution is -2.39. The van der Waals surface area contributed by atoms with E-state index in [0.717, 1.165) is 31.2 Å². The molecule has 1 aliphatic carbocycles. The van der Waals surface area contributed by atoms with Gasteiger partial charge in [0.05, 0.1) is 16.6 Å². The number of rotatable bonds is 3. The van der Waals surface area contributed by atoms with E-state index >= 15 is 0 Å². The Labute approximate surface area is 129 Å². The number of benzene rings is 1. The van der Waals surface area contributed by atoms with Crippen LogP contribution in [0.15, 0.2) is 36.5 Å². The molecule has 1 heterocycles. The Bertz CT molecular complexity index is 623. The Morgan fingerprint density at radius 2 is 1.86 bits per heavy atom. The predicted molar refractivity (Wildman–Crippen MR) is 83.8 cm³/mol. The highest BCUT2D eigenvalue weighted by Crippen LogP contribution is 2.42. The molecule has 0 N–H and O–H groups in total. The second-order valence-electron chi connectivity index (χ2n) is 5.80. The number of aromatic nitrogens is 2. The number of halogens is 1. The van der Waals surface area contributed by atoms with Crippen molar-refractivity contribution in [2.45, 2.75) is 37.5 Å². The lowest BCUT2D eigenvalue weighted by Gasteiger charge is -2.36. The van der Waals surface area contributed by atoms with Gasteiger partial charge in [0.1, 0.15) is 5.69 Å². The summed E-state index contributed by atoms with van der Waals surface area (Å²) < 4.78 is 1.60. The first-order valence-corrected chi connectivity index (χ1v) is 7.81. The van der Waals surface area contributed by atoms with Crippen LogP contribution in [0.2, 0.25) is 5.02 Å². The summed E-state index contributed by atoms with van der Waals surface area (Å²) >= 11 is 6.20. The van der Waals surface area contributed by atoms with Gasteiger partial charge in [-0.25, -0.2) is 0 Å². The molecule has 0 bridgehead atoms. The third kappa shape index (κ3) is 2.40. The van der Waals surface area contributed by atoms with Crippen LogP contribution < -0.4 is 0 Å². The highest BCUT2D eigenvalue weighted by Gasteiger charge is 2.43.